The van der Waals surface area contributed by atoms with Gasteiger partial charge in [0.25, 0.3) is 5.91 Å². The molecule has 2 amide bonds. The quantitative estimate of drug-likeness (QED) is 0.559. The molecule has 1 fully saturated rings. The first kappa shape index (κ1) is 14.5. The Morgan fingerprint density at radius 2 is 2.25 bits per heavy atom. The molecule has 0 bridgehead atoms. The van der Waals surface area contributed by atoms with Crippen LogP contribution in [-0.4, -0.2) is 49.2 Å². The summed E-state index contributed by atoms with van der Waals surface area (Å²) in [6.07, 6.45) is 11.4. The van der Waals surface area contributed by atoms with Gasteiger partial charge in [0.1, 0.15) is 6.61 Å². The molecule has 2 rings (SSSR count). The Morgan fingerprint density at radius 1 is 1.50 bits per heavy atom. The van der Waals surface area contributed by atoms with E-state index in [1.54, 1.807) is 6.08 Å². The molecule has 5 nitrogen and oxygen atoms in total. The van der Waals surface area contributed by atoms with E-state index in [0.29, 0.717) is 19.1 Å². The fourth-order valence-electron chi connectivity index (χ4n) is 2.39. The van der Waals surface area contributed by atoms with Crippen LogP contribution in [0, 0.1) is 24.2 Å². The van der Waals surface area contributed by atoms with Gasteiger partial charge in [0.15, 0.2) is 0 Å². The second-order valence-electron chi connectivity index (χ2n) is 4.99. The van der Waals surface area contributed by atoms with Gasteiger partial charge in [-0.05, 0) is 18.8 Å². The number of carbonyl (C=O) groups is 2. The van der Waals surface area contributed by atoms with E-state index in [1.165, 1.54) is 12.3 Å². The van der Waals surface area contributed by atoms with Gasteiger partial charge in [-0.25, -0.2) is 4.99 Å². The molecule has 0 aromatic heterocycles. The van der Waals surface area contributed by atoms with E-state index < -0.39 is 5.92 Å². The standard InChI is InChI=1S/C15H18N2O3/c1-2-9-20-11-12-5-7-17(8-6-12)15(19)13-3-4-14(18)16-10-13/h1,3-4,10,12-13H,5-9,11H2. The maximum absolute atomic E-state index is 12.2. The molecule has 0 N–H and O–H groups in total. The first-order chi connectivity index (χ1) is 9.70. The Bertz CT molecular complexity index is 452. The van der Waals surface area contributed by atoms with Crippen molar-refractivity contribution in [2.45, 2.75) is 12.8 Å². The average Bonchev–Trinajstić information content (AvgIpc) is 2.48. The summed E-state index contributed by atoms with van der Waals surface area (Å²) in [6.45, 7) is 2.44. The normalized spacial score (nSPS) is 22.9. The smallest absolute Gasteiger partial charge is 0.269 e. The number of likely N-dealkylation sites (tertiary alicyclic amines) is 1. The topological polar surface area (TPSA) is 59.0 Å². The highest BCUT2D eigenvalue weighted by atomic mass is 16.5. The second kappa shape index (κ2) is 7.01. The van der Waals surface area contributed by atoms with Gasteiger partial charge in [-0.15, -0.1) is 6.42 Å². The van der Waals surface area contributed by atoms with Crippen LogP contribution >= 0.6 is 0 Å². The van der Waals surface area contributed by atoms with E-state index in [-0.39, 0.29) is 11.8 Å². The van der Waals surface area contributed by atoms with E-state index in [0.717, 1.165) is 25.9 Å². The van der Waals surface area contributed by atoms with Crippen LogP contribution in [0.3, 0.4) is 0 Å². The molecule has 0 saturated carbocycles. The Morgan fingerprint density at radius 3 is 2.85 bits per heavy atom. The number of aliphatic imine (C=N–C) groups is 1. The summed E-state index contributed by atoms with van der Waals surface area (Å²) in [6, 6.07) is 0. The number of ether oxygens (including phenoxy) is 1. The van der Waals surface area contributed by atoms with Crippen LogP contribution in [0.15, 0.2) is 17.1 Å². The van der Waals surface area contributed by atoms with Crippen LogP contribution in [-0.2, 0) is 14.3 Å². The number of amides is 2. The molecule has 2 heterocycles. The number of terminal acetylenes is 1. The van der Waals surface area contributed by atoms with Gasteiger partial charge < -0.3 is 9.64 Å². The molecule has 106 valence electrons. The molecule has 0 radical (unpaired) electrons. The summed E-state index contributed by atoms with van der Waals surface area (Å²) >= 11 is 0. The van der Waals surface area contributed by atoms with E-state index in [1.807, 2.05) is 4.90 Å². The molecule has 1 saturated heterocycles. The summed E-state index contributed by atoms with van der Waals surface area (Å²) in [5.41, 5.74) is 0. The van der Waals surface area contributed by atoms with Crippen LogP contribution in [0.25, 0.3) is 0 Å². The summed E-state index contributed by atoms with van der Waals surface area (Å²) in [5.74, 6) is 2.21. The monoisotopic (exact) mass is 274 g/mol. The zero-order chi connectivity index (χ0) is 14.4. The largest absolute Gasteiger partial charge is 0.369 e. The first-order valence-electron chi connectivity index (χ1n) is 6.77. The van der Waals surface area contributed by atoms with Crippen molar-refractivity contribution in [3.8, 4) is 12.3 Å². The Labute approximate surface area is 118 Å². The zero-order valence-electron chi connectivity index (χ0n) is 11.3. The maximum atomic E-state index is 12.2. The number of hydrogen-bond acceptors (Lipinski definition) is 3. The summed E-state index contributed by atoms with van der Waals surface area (Å²) < 4.78 is 5.34. The van der Waals surface area contributed by atoms with Crippen LogP contribution in [0.5, 0.6) is 0 Å². The molecule has 0 aromatic rings. The molecular weight excluding hydrogens is 256 g/mol. The van der Waals surface area contributed by atoms with Crippen molar-refractivity contribution < 1.29 is 14.3 Å². The van der Waals surface area contributed by atoms with Crippen molar-refractivity contribution in [2.24, 2.45) is 16.8 Å². The molecule has 2 aliphatic rings. The molecule has 2 aliphatic heterocycles. The van der Waals surface area contributed by atoms with E-state index in [4.69, 9.17) is 11.2 Å². The molecule has 20 heavy (non-hydrogen) atoms. The fourth-order valence-corrected chi connectivity index (χ4v) is 2.39. The van der Waals surface area contributed by atoms with Gasteiger partial charge in [0.05, 0.1) is 12.5 Å². The number of piperidine rings is 1. The Kier molecular flexibility index (Phi) is 5.08. The van der Waals surface area contributed by atoms with E-state index in [2.05, 4.69) is 10.9 Å². The van der Waals surface area contributed by atoms with Crippen LogP contribution in [0.1, 0.15) is 12.8 Å². The Hall–Kier alpha value is -1.93. The van der Waals surface area contributed by atoms with Gasteiger partial charge in [0, 0.05) is 25.4 Å². The predicted octanol–water partition coefficient (Wildman–Crippen LogP) is 0.658. The van der Waals surface area contributed by atoms with Gasteiger partial charge in [0.2, 0.25) is 5.91 Å². The minimum absolute atomic E-state index is 0.0143. The lowest BCUT2D eigenvalue weighted by Crippen LogP contribution is -2.42. The molecule has 1 unspecified atom stereocenters. The number of nitrogens with zero attached hydrogens (tertiary/aromatic N) is 2. The summed E-state index contributed by atoms with van der Waals surface area (Å²) in [5, 5.41) is 0. The van der Waals surface area contributed by atoms with Gasteiger partial charge in [-0.3, -0.25) is 9.59 Å². The number of dihydropyridines is 1. The highest BCUT2D eigenvalue weighted by Crippen LogP contribution is 2.19. The van der Waals surface area contributed by atoms with Crippen molar-refractivity contribution in [1.82, 2.24) is 4.90 Å². The highest BCUT2D eigenvalue weighted by Gasteiger charge is 2.27. The third-order valence-corrected chi connectivity index (χ3v) is 3.56. The first-order valence-corrected chi connectivity index (χ1v) is 6.77. The third-order valence-electron chi connectivity index (χ3n) is 3.56. The number of hydrogen-bond donors (Lipinski definition) is 0. The minimum atomic E-state index is -0.401. The maximum Gasteiger partial charge on any atom is 0.269 e. The molecule has 0 aromatic carbocycles. The summed E-state index contributed by atoms with van der Waals surface area (Å²) in [4.78, 5) is 28.7. The summed E-state index contributed by atoms with van der Waals surface area (Å²) in [7, 11) is 0. The Balaban J connectivity index is 1.77. The molecule has 1 atom stereocenters. The van der Waals surface area contributed by atoms with Crippen molar-refractivity contribution in [1.29, 1.82) is 0 Å². The van der Waals surface area contributed by atoms with Gasteiger partial charge >= 0.3 is 0 Å². The minimum Gasteiger partial charge on any atom is -0.369 e. The van der Waals surface area contributed by atoms with Gasteiger partial charge in [-0.1, -0.05) is 12.0 Å². The SMILES string of the molecule is C#CCOCC1CCN(C(=O)C2C=CC(=O)N=C2)CC1. The lowest BCUT2D eigenvalue weighted by Gasteiger charge is -2.33. The third kappa shape index (κ3) is 3.78. The second-order valence-corrected chi connectivity index (χ2v) is 4.99. The lowest BCUT2D eigenvalue weighted by atomic mass is 9.96. The van der Waals surface area contributed by atoms with Crippen molar-refractivity contribution in [2.75, 3.05) is 26.3 Å². The van der Waals surface area contributed by atoms with Crippen molar-refractivity contribution in [3.63, 3.8) is 0 Å². The fraction of sp³-hybridized carbons (Fsp3) is 0.533. The molecule has 5 heteroatoms. The van der Waals surface area contributed by atoms with Crippen molar-refractivity contribution in [3.05, 3.63) is 12.2 Å². The van der Waals surface area contributed by atoms with E-state index >= 15 is 0 Å². The number of rotatable bonds is 4. The van der Waals surface area contributed by atoms with Crippen molar-refractivity contribution >= 4 is 18.0 Å². The van der Waals surface area contributed by atoms with Crippen LogP contribution < -0.4 is 0 Å². The lowest BCUT2D eigenvalue weighted by molar-refractivity contribution is -0.133. The highest BCUT2D eigenvalue weighted by molar-refractivity contribution is 6.05. The van der Waals surface area contributed by atoms with E-state index in [9.17, 15) is 9.59 Å². The van der Waals surface area contributed by atoms with Gasteiger partial charge in [-0.2, -0.15) is 0 Å². The molecule has 0 aliphatic carbocycles. The van der Waals surface area contributed by atoms with Crippen LogP contribution in [0.4, 0.5) is 0 Å². The average molecular weight is 274 g/mol. The molecular formula is C15H18N2O3. The number of carbonyl (C=O) groups excluding carboxylic acids is 2. The predicted molar refractivity (Wildman–Crippen MR) is 75.1 cm³/mol. The zero-order valence-corrected chi connectivity index (χ0v) is 11.3. The van der Waals surface area contributed by atoms with Crippen LogP contribution in [0.2, 0.25) is 0 Å². The molecule has 0 spiro atoms.